The van der Waals surface area contributed by atoms with Crippen molar-refractivity contribution in [1.82, 2.24) is 25.7 Å². The minimum Gasteiger partial charge on any atom is -0.355 e. The van der Waals surface area contributed by atoms with Gasteiger partial charge in [-0.2, -0.15) is 0 Å². The first kappa shape index (κ1) is 15.0. The van der Waals surface area contributed by atoms with Crippen molar-refractivity contribution in [2.24, 2.45) is 5.92 Å². The molecule has 2 aromatic rings. The summed E-state index contributed by atoms with van der Waals surface area (Å²) in [7, 11) is 0. The number of nitrogens with zero attached hydrogens (tertiary/aromatic N) is 4. The quantitative estimate of drug-likeness (QED) is 0.860. The number of hydrogen-bond donors (Lipinski definition) is 2. The molecule has 0 radical (unpaired) electrons. The Morgan fingerprint density at radius 3 is 2.96 bits per heavy atom. The topological polar surface area (TPSA) is 56.3 Å². The van der Waals surface area contributed by atoms with Crippen LogP contribution in [0.4, 0.5) is 5.82 Å². The summed E-state index contributed by atoms with van der Waals surface area (Å²) in [6.45, 7) is 5.82. The number of aromatic nitrogens is 2. The third-order valence-corrected chi connectivity index (χ3v) is 6.82. The molecule has 24 heavy (non-hydrogen) atoms. The minimum atomic E-state index is 0.689. The first-order valence-corrected chi connectivity index (χ1v) is 9.92. The van der Waals surface area contributed by atoms with Crippen molar-refractivity contribution >= 4 is 27.4 Å². The second-order valence-corrected chi connectivity index (χ2v) is 8.14. The summed E-state index contributed by atoms with van der Waals surface area (Å²) in [5.74, 6) is 1.92. The molecule has 2 unspecified atom stereocenters. The summed E-state index contributed by atoms with van der Waals surface area (Å²) >= 11 is 1.76. The molecule has 0 bridgehead atoms. The largest absolute Gasteiger partial charge is 0.355 e. The van der Waals surface area contributed by atoms with Gasteiger partial charge >= 0.3 is 0 Å². The number of nitrogens with one attached hydrogen (secondary N) is 2. The number of anilines is 1. The van der Waals surface area contributed by atoms with E-state index >= 15 is 0 Å². The van der Waals surface area contributed by atoms with Gasteiger partial charge in [-0.1, -0.05) is 0 Å². The van der Waals surface area contributed by atoms with E-state index in [1.165, 1.54) is 37.1 Å². The average Bonchev–Trinajstić information content (AvgIpc) is 3.30. The van der Waals surface area contributed by atoms with Crippen LogP contribution >= 0.6 is 11.3 Å². The number of likely N-dealkylation sites (tertiary alicyclic amines) is 1. The normalized spacial score (nSPS) is 29.2. The Balaban J connectivity index is 1.25. The zero-order chi connectivity index (χ0) is 15.9. The van der Waals surface area contributed by atoms with Crippen LogP contribution < -0.4 is 15.8 Å². The highest BCUT2D eigenvalue weighted by atomic mass is 32.1. The van der Waals surface area contributed by atoms with E-state index in [1.807, 2.05) is 0 Å². The molecule has 0 amide bonds. The van der Waals surface area contributed by atoms with Crippen LogP contribution in [0.15, 0.2) is 17.8 Å². The highest BCUT2D eigenvalue weighted by Crippen LogP contribution is 2.31. The van der Waals surface area contributed by atoms with Crippen LogP contribution in [-0.2, 0) is 0 Å². The zero-order valence-corrected chi connectivity index (χ0v) is 14.6. The van der Waals surface area contributed by atoms with E-state index < -0.39 is 0 Å². The van der Waals surface area contributed by atoms with Gasteiger partial charge in [-0.3, -0.25) is 15.8 Å². The summed E-state index contributed by atoms with van der Waals surface area (Å²) in [4.78, 5) is 14.2. The first-order chi connectivity index (χ1) is 11.9. The number of rotatable bonds is 2. The van der Waals surface area contributed by atoms with E-state index in [1.54, 1.807) is 17.7 Å². The van der Waals surface area contributed by atoms with Gasteiger partial charge in [-0.25, -0.2) is 9.97 Å². The molecule has 0 aromatic carbocycles. The molecule has 3 fully saturated rings. The molecule has 3 aliphatic heterocycles. The van der Waals surface area contributed by atoms with Gasteiger partial charge in [-0.05, 0) is 37.3 Å². The third-order valence-electron chi connectivity index (χ3n) is 5.92. The second kappa shape index (κ2) is 6.22. The maximum atomic E-state index is 4.58. The van der Waals surface area contributed by atoms with Crippen LogP contribution in [0.2, 0.25) is 0 Å². The van der Waals surface area contributed by atoms with Crippen LogP contribution in [0.1, 0.15) is 19.3 Å². The molecule has 0 saturated carbocycles. The lowest BCUT2D eigenvalue weighted by Crippen LogP contribution is -2.52. The van der Waals surface area contributed by atoms with Crippen LogP contribution in [0, 0.1) is 5.92 Å². The Morgan fingerprint density at radius 1 is 1.12 bits per heavy atom. The van der Waals surface area contributed by atoms with E-state index in [0.717, 1.165) is 42.9 Å². The predicted octanol–water partition coefficient (Wildman–Crippen LogP) is 1.46. The lowest BCUT2D eigenvalue weighted by Gasteiger charge is -2.43. The number of fused-ring (bicyclic) bond motifs is 2. The molecule has 2 aromatic heterocycles. The molecule has 5 heterocycles. The molecule has 2 N–H and O–H groups in total. The molecule has 0 spiro atoms. The number of thiophene rings is 1. The number of hydrogen-bond acceptors (Lipinski definition) is 7. The Bertz CT molecular complexity index is 710. The minimum absolute atomic E-state index is 0.689. The van der Waals surface area contributed by atoms with Crippen molar-refractivity contribution in [2.45, 2.75) is 31.3 Å². The molecule has 5 rings (SSSR count). The van der Waals surface area contributed by atoms with Gasteiger partial charge in [0, 0.05) is 44.2 Å². The van der Waals surface area contributed by atoms with Gasteiger partial charge in [0.25, 0.3) is 0 Å². The SMILES string of the molecule is c1nc(N2CCC(N3CCC4NNCC4C3)CC2)c2sccc2n1. The zero-order valence-electron chi connectivity index (χ0n) is 13.8. The molecule has 0 aliphatic carbocycles. The van der Waals surface area contributed by atoms with Crippen molar-refractivity contribution < 1.29 is 0 Å². The second-order valence-electron chi connectivity index (χ2n) is 7.23. The lowest BCUT2D eigenvalue weighted by atomic mass is 9.91. The van der Waals surface area contributed by atoms with Crippen molar-refractivity contribution in [2.75, 3.05) is 37.6 Å². The molecule has 6 nitrogen and oxygen atoms in total. The molecule has 3 aliphatic rings. The van der Waals surface area contributed by atoms with E-state index in [9.17, 15) is 0 Å². The third kappa shape index (κ3) is 2.60. The standard InChI is InChI=1S/C17H24N6S/c1-5-22(17-16-15(4-8-24-16)18-11-19-17)6-2-13(1)23-7-3-14-12(10-23)9-20-21-14/h4,8,11-14,20-21H,1-3,5-7,9-10H2. The average molecular weight is 344 g/mol. The van der Waals surface area contributed by atoms with Gasteiger partial charge in [0.05, 0.1) is 10.2 Å². The van der Waals surface area contributed by atoms with Crippen LogP contribution in [-0.4, -0.2) is 59.7 Å². The van der Waals surface area contributed by atoms with Crippen LogP contribution in [0.5, 0.6) is 0 Å². The van der Waals surface area contributed by atoms with Gasteiger partial charge in [0.1, 0.15) is 12.1 Å². The van der Waals surface area contributed by atoms with E-state index in [-0.39, 0.29) is 0 Å². The smallest absolute Gasteiger partial charge is 0.150 e. The van der Waals surface area contributed by atoms with Gasteiger partial charge in [0.15, 0.2) is 0 Å². The van der Waals surface area contributed by atoms with Crippen molar-refractivity contribution in [1.29, 1.82) is 0 Å². The van der Waals surface area contributed by atoms with Crippen LogP contribution in [0.25, 0.3) is 10.2 Å². The highest BCUT2D eigenvalue weighted by molar-refractivity contribution is 7.17. The maximum Gasteiger partial charge on any atom is 0.150 e. The molecular weight excluding hydrogens is 320 g/mol. The van der Waals surface area contributed by atoms with E-state index in [4.69, 9.17) is 0 Å². The van der Waals surface area contributed by atoms with Crippen LogP contribution in [0.3, 0.4) is 0 Å². The Kier molecular flexibility index (Phi) is 3.89. The Morgan fingerprint density at radius 2 is 2.04 bits per heavy atom. The number of hydrazine groups is 1. The van der Waals surface area contributed by atoms with Crippen molar-refractivity contribution in [3.63, 3.8) is 0 Å². The summed E-state index contributed by atoms with van der Waals surface area (Å²) in [5, 5.41) is 2.11. The maximum absolute atomic E-state index is 4.58. The molecule has 128 valence electrons. The fourth-order valence-corrected chi connectivity index (χ4v) is 5.42. The summed E-state index contributed by atoms with van der Waals surface area (Å²) < 4.78 is 1.24. The summed E-state index contributed by atoms with van der Waals surface area (Å²) in [6.07, 6.45) is 5.48. The monoisotopic (exact) mass is 344 g/mol. The summed E-state index contributed by atoms with van der Waals surface area (Å²) in [6, 6.07) is 3.52. The lowest BCUT2D eigenvalue weighted by molar-refractivity contribution is 0.103. The fraction of sp³-hybridized carbons (Fsp3) is 0.647. The van der Waals surface area contributed by atoms with Crippen molar-refractivity contribution in [3.8, 4) is 0 Å². The highest BCUT2D eigenvalue weighted by Gasteiger charge is 2.36. The Hall–Kier alpha value is -1.28. The van der Waals surface area contributed by atoms with Gasteiger partial charge in [-0.15, -0.1) is 11.3 Å². The van der Waals surface area contributed by atoms with E-state index in [0.29, 0.717) is 6.04 Å². The number of piperidine rings is 2. The first-order valence-electron chi connectivity index (χ1n) is 9.04. The fourth-order valence-electron chi connectivity index (χ4n) is 4.55. The molecule has 2 atom stereocenters. The molecule has 3 saturated heterocycles. The van der Waals surface area contributed by atoms with E-state index in [2.05, 4.69) is 42.1 Å². The predicted molar refractivity (Wildman–Crippen MR) is 97.3 cm³/mol. The molecule has 7 heteroatoms. The summed E-state index contributed by atoms with van der Waals surface area (Å²) in [5.41, 5.74) is 7.84. The van der Waals surface area contributed by atoms with Gasteiger partial charge in [0.2, 0.25) is 0 Å². The Labute approximate surface area is 146 Å². The molecular formula is C17H24N6S. The van der Waals surface area contributed by atoms with Crippen molar-refractivity contribution in [3.05, 3.63) is 17.8 Å². The van der Waals surface area contributed by atoms with Gasteiger partial charge < -0.3 is 4.90 Å².